The maximum Gasteiger partial charge on any atom is 0.312 e. The van der Waals surface area contributed by atoms with Crippen LogP contribution in [0.3, 0.4) is 0 Å². The van der Waals surface area contributed by atoms with Gasteiger partial charge in [0.25, 0.3) is 0 Å². The van der Waals surface area contributed by atoms with E-state index in [2.05, 4.69) is 20.9 Å². The molecule has 0 saturated heterocycles. The molecule has 0 unspecified atom stereocenters. The highest BCUT2D eigenvalue weighted by Gasteiger charge is 2.32. The molecule has 5 heteroatoms. The zero-order valence-corrected chi connectivity index (χ0v) is 7.55. The van der Waals surface area contributed by atoms with E-state index in [1.807, 2.05) is 0 Å². The molecule has 0 saturated carbocycles. The topological polar surface area (TPSA) is 33.1 Å². The molecule has 0 spiro atoms. The van der Waals surface area contributed by atoms with Gasteiger partial charge in [0.2, 0.25) is 0 Å². The van der Waals surface area contributed by atoms with Gasteiger partial charge < -0.3 is 5.11 Å². The van der Waals surface area contributed by atoms with Crippen LogP contribution in [0.15, 0.2) is 22.8 Å². The van der Waals surface area contributed by atoms with E-state index in [0.717, 1.165) is 0 Å². The molecular weight excluding hydrogens is 232 g/mol. The third-order valence-electron chi connectivity index (χ3n) is 1.29. The number of aromatic nitrogens is 1. The van der Waals surface area contributed by atoms with Crippen LogP contribution >= 0.6 is 15.9 Å². The molecule has 0 bridgehead atoms. The van der Waals surface area contributed by atoms with Gasteiger partial charge >= 0.3 is 5.92 Å². The maximum atomic E-state index is 12.7. The average Bonchev–Trinajstić information content (AvgIpc) is 2.05. The van der Waals surface area contributed by atoms with Crippen LogP contribution in [-0.4, -0.2) is 16.7 Å². The molecule has 1 N–H and O–H groups in total. The lowest BCUT2D eigenvalue weighted by Crippen LogP contribution is -2.19. The third kappa shape index (κ3) is 1.98. The Kier molecular flexibility index (Phi) is 2.74. The lowest BCUT2D eigenvalue weighted by Gasteiger charge is -2.11. The highest BCUT2D eigenvalue weighted by Crippen LogP contribution is 2.25. The predicted molar refractivity (Wildman–Crippen MR) is 42.9 cm³/mol. The second kappa shape index (κ2) is 3.45. The molecule has 0 radical (unpaired) electrons. The van der Waals surface area contributed by atoms with Gasteiger partial charge in [-0.15, -0.1) is 0 Å². The minimum Gasteiger partial charge on any atom is -0.390 e. The number of nitrogens with zero attached hydrogens (tertiary/aromatic N) is 1. The van der Waals surface area contributed by atoms with Crippen molar-refractivity contribution in [1.29, 1.82) is 0 Å². The van der Waals surface area contributed by atoms with Gasteiger partial charge in [-0.1, -0.05) is 6.07 Å². The molecule has 0 fully saturated rings. The van der Waals surface area contributed by atoms with E-state index >= 15 is 0 Å². The zero-order chi connectivity index (χ0) is 9.19. The molecule has 2 nitrogen and oxygen atoms in total. The number of alkyl halides is 2. The summed E-state index contributed by atoms with van der Waals surface area (Å²) < 4.78 is 25.8. The SMILES string of the molecule is OCC(F)(F)c1cccc(Br)n1. The first-order valence-corrected chi connectivity index (χ1v) is 3.97. The first kappa shape index (κ1) is 9.54. The highest BCUT2D eigenvalue weighted by atomic mass is 79.9. The van der Waals surface area contributed by atoms with E-state index in [0.29, 0.717) is 4.60 Å². The van der Waals surface area contributed by atoms with Gasteiger partial charge in [0, 0.05) is 0 Å². The third-order valence-corrected chi connectivity index (χ3v) is 1.73. The average molecular weight is 238 g/mol. The van der Waals surface area contributed by atoms with Crippen molar-refractivity contribution >= 4 is 15.9 Å². The van der Waals surface area contributed by atoms with Gasteiger partial charge in [-0.2, -0.15) is 8.78 Å². The van der Waals surface area contributed by atoms with E-state index in [1.54, 1.807) is 0 Å². The van der Waals surface area contributed by atoms with Crippen LogP contribution in [0.1, 0.15) is 5.69 Å². The quantitative estimate of drug-likeness (QED) is 0.798. The number of hydrogen-bond donors (Lipinski definition) is 1. The Morgan fingerprint density at radius 1 is 1.50 bits per heavy atom. The summed E-state index contributed by atoms with van der Waals surface area (Å²) in [6.07, 6.45) is 0. The summed E-state index contributed by atoms with van der Waals surface area (Å²) in [7, 11) is 0. The summed E-state index contributed by atoms with van der Waals surface area (Å²) in [5, 5.41) is 8.33. The monoisotopic (exact) mass is 237 g/mol. The molecule has 0 aliphatic heterocycles. The standard InChI is InChI=1S/C7H6BrF2NO/c8-6-3-1-2-5(11-6)7(9,10)4-12/h1-3,12H,4H2. The van der Waals surface area contributed by atoms with Crippen molar-refractivity contribution in [2.45, 2.75) is 5.92 Å². The van der Waals surface area contributed by atoms with E-state index in [4.69, 9.17) is 5.11 Å². The van der Waals surface area contributed by atoms with E-state index in [-0.39, 0.29) is 0 Å². The van der Waals surface area contributed by atoms with Crippen LogP contribution < -0.4 is 0 Å². The summed E-state index contributed by atoms with van der Waals surface area (Å²) in [5.74, 6) is -3.26. The van der Waals surface area contributed by atoms with E-state index in [1.165, 1.54) is 18.2 Å². The maximum absolute atomic E-state index is 12.7. The molecule has 0 aliphatic carbocycles. The van der Waals surface area contributed by atoms with Crippen molar-refractivity contribution in [1.82, 2.24) is 4.98 Å². The van der Waals surface area contributed by atoms with Crippen LogP contribution in [0.5, 0.6) is 0 Å². The van der Waals surface area contributed by atoms with Gasteiger partial charge in [0.15, 0.2) is 0 Å². The number of aliphatic hydroxyl groups is 1. The molecule has 1 aromatic rings. The molecule has 1 rings (SSSR count). The second-order valence-corrected chi connectivity index (χ2v) is 3.02. The van der Waals surface area contributed by atoms with Crippen molar-refractivity contribution in [3.8, 4) is 0 Å². The fraction of sp³-hybridized carbons (Fsp3) is 0.286. The molecule has 66 valence electrons. The summed E-state index contributed by atoms with van der Waals surface area (Å²) in [5.41, 5.74) is -0.431. The summed E-state index contributed by atoms with van der Waals surface area (Å²) in [6, 6.07) is 4.15. The summed E-state index contributed by atoms with van der Waals surface area (Å²) in [4.78, 5) is 3.52. The van der Waals surface area contributed by atoms with E-state index < -0.39 is 18.2 Å². The molecule has 0 atom stereocenters. The van der Waals surface area contributed by atoms with Crippen LogP contribution in [0, 0.1) is 0 Å². The van der Waals surface area contributed by atoms with Gasteiger partial charge in [-0.3, -0.25) is 0 Å². The molecule has 0 aliphatic rings. The molecule has 0 amide bonds. The van der Waals surface area contributed by atoms with Crippen LogP contribution in [0.25, 0.3) is 0 Å². The number of hydrogen-bond acceptors (Lipinski definition) is 2. The van der Waals surface area contributed by atoms with Crippen LogP contribution in [0.4, 0.5) is 8.78 Å². The van der Waals surface area contributed by atoms with Crippen LogP contribution in [0.2, 0.25) is 0 Å². The molecule has 12 heavy (non-hydrogen) atoms. The van der Waals surface area contributed by atoms with Crippen LogP contribution in [-0.2, 0) is 5.92 Å². The molecule has 1 heterocycles. The minimum atomic E-state index is -3.26. The fourth-order valence-corrected chi connectivity index (χ4v) is 1.04. The number of pyridine rings is 1. The second-order valence-electron chi connectivity index (χ2n) is 2.21. The Bertz CT molecular complexity index is 280. The Morgan fingerprint density at radius 2 is 2.17 bits per heavy atom. The highest BCUT2D eigenvalue weighted by molar-refractivity contribution is 9.10. The molecular formula is C7H6BrF2NO. The zero-order valence-electron chi connectivity index (χ0n) is 5.97. The Hall–Kier alpha value is -0.550. The van der Waals surface area contributed by atoms with Gasteiger partial charge in [-0.05, 0) is 28.1 Å². The van der Waals surface area contributed by atoms with Crippen molar-refractivity contribution in [2.24, 2.45) is 0 Å². The minimum absolute atomic E-state index is 0.327. The van der Waals surface area contributed by atoms with Crippen molar-refractivity contribution in [3.05, 3.63) is 28.5 Å². The van der Waals surface area contributed by atoms with E-state index in [9.17, 15) is 8.78 Å². The van der Waals surface area contributed by atoms with Gasteiger partial charge in [0.1, 0.15) is 16.9 Å². The Morgan fingerprint density at radius 3 is 2.67 bits per heavy atom. The smallest absolute Gasteiger partial charge is 0.312 e. The van der Waals surface area contributed by atoms with Crippen molar-refractivity contribution in [2.75, 3.05) is 6.61 Å². The molecule has 0 aromatic carbocycles. The fourth-order valence-electron chi connectivity index (χ4n) is 0.693. The molecule has 1 aromatic heterocycles. The van der Waals surface area contributed by atoms with Crippen molar-refractivity contribution < 1.29 is 13.9 Å². The normalized spacial score (nSPS) is 11.7. The Balaban J connectivity index is 3.03. The van der Waals surface area contributed by atoms with Crippen molar-refractivity contribution in [3.63, 3.8) is 0 Å². The number of halogens is 3. The first-order chi connectivity index (χ1) is 5.56. The Labute approximate surface area is 76.4 Å². The largest absolute Gasteiger partial charge is 0.390 e. The van der Waals surface area contributed by atoms with Gasteiger partial charge in [0.05, 0.1) is 0 Å². The lowest BCUT2D eigenvalue weighted by atomic mass is 10.2. The summed E-state index contributed by atoms with van der Waals surface area (Å²) in [6.45, 7) is -1.23. The predicted octanol–water partition coefficient (Wildman–Crippen LogP) is 1.93. The lowest BCUT2D eigenvalue weighted by molar-refractivity contribution is -0.0593. The first-order valence-electron chi connectivity index (χ1n) is 3.18. The summed E-state index contributed by atoms with van der Waals surface area (Å²) >= 11 is 2.96. The number of rotatable bonds is 2. The number of aliphatic hydroxyl groups excluding tert-OH is 1. The van der Waals surface area contributed by atoms with Gasteiger partial charge in [-0.25, -0.2) is 4.98 Å².